The molecule has 1 aromatic carbocycles. The van der Waals surface area contributed by atoms with E-state index in [2.05, 4.69) is 53.2 Å². The van der Waals surface area contributed by atoms with Crippen molar-refractivity contribution in [2.45, 2.75) is 45.2 Å². The largest absolute Gasteiger partial charge is 0.384 e. The van der Waals surface area contributed by atoms with E-state index in [9.17, 15) is 0 Å². The Hall–Kier alpha value is -3.59. The van der Waals surface area contributed by atoms with E-state index >= 15 is 0 Å². The molecular formula is C24H26N6. The molecule has 0 radical (unpaired) electrons. The van der Waals surface area contributed by atoms with Gasteiger partial charge in [-0.05, 0) is 44.9 Å². The minimum atomic E-state index is -0.00702. The smallest absolute Gasteiger partial charge is 0.223 e. The molecule has 2 aromatic heterocycles. The standard InChI is InChI=1S/C24H26N6/c1-15(13-25)10-17-6-5-7-19-20(14-27-22(17)19)21-8-9-26-23(29-21)28-18-11-16(2)30-24(3,4)12-18/h5-10,14,18,27,30H,2,11-12H2,1,3-4H3,(H,26,28,29)/b15-10+. The minimum Gasteiger partial charge on any atom is -0.384 e. The van der Waals surface area contributed by atoms with Gasteiger partial charge in [0.05, 0.1) is 17.3 Å². The van der Waals surface area contributed by atoms with Crippen LogP contribution in [0.3, 0.4) is 0 Å². The predicted octanol–water partition coefficient (Wildman–Crippen LogP) is 5.01. The molecule has 0 saturated carbocycles. The Balaban J connectivity index is 1.65. The first-order chi connectivity index (χ1) is 14.3. The second kappa shape index (κ2) is 7.68. The molecule has 3 N–H and O–H groups in total. The fourth-order valence-electron chi connectivity index (χ4n) is 4.20. The SMILES string of the molecule is C=C1CC(Nc2nccc(-c3c[nH]c4c(/C=C(\C)C#N)cccc34)n2)CC(C)(C)N1. The molecule has 1 saturated heterocycles. The predicted molar refractivity (Wildman–Crippen MR) is 122 cm³/mol. The number of benzene rings is 1. The number of nitrogens with one attached hydrogen (secondary N) is 3. The summed E-state index contributed by atoms with van der Waals surface area (Å²) in [5.41, 5.74) is 5.53. The average Bonchev–Trinajstić information content (AvgIpc) is 3.11. The number of H-pyrrole nitrogens is 1. The average molecular weight is 399 g/mol. The molecule has 1 aliphatic heterocycles. The summed E-state index contributed by atoms with van der Waals surface area (Å²) in [7, 11) is 0. The Labute approximate surface area is 176 Å². The van der Waals surface area contributed by atoms with Gasteiger partial charge in [-0.1, -0.05) is 24.8 Å². The monoisotopic (exact) mass is 398 g/mol. The zero-order valence-electron chi connectivity index (χ0n) is 17.6. The second-order valence-corrected chi connectivity index (χ2v) is 8.54. The summed E-state index contributed by atoms with van der Waals surface area (Å²) in [6.45, 7) is 10.3. The Kier molecular flexibility index (Phi) is 5.04. The number of allylic oxidation sites excluding steroid dienone is 1. The zero-order valence-corrected chi connectivity index (χ0v) is 17.6. The third-order valence-electron chi connectivity index (χ3n) is 5.33. The Morgan fingerprint density at radius 1 is 1.37 bits per heavy atom. The number of anilines is 1. The number of hydrogen-bond acceptors (Lipinski definition) is 5. The van der Waals surface area contributed by atoms with Gasteiger partial charge in [0.25, 0.3) is 0 Å². The van der Waals surface area contributed by atoms with Crippen molar-refractivity contribution in [2.24, 2.45) is 0 Å². The van der Waals surface area contributed by atoms with E-state index in [0.29, 0.717) is 11.5 Å². The van der Waals surface area contributed by atoms with Crippen molar-refractivity contribution in [1.82, 2.24) is 20.3 Å². The molecule has 1 aliphatic rings. The number of rotatable bonds is 4. The van der Waals surface area contributed by atoms with E-state index in [4.69, 9.17) is 10.2 Å². The van der Waals surface area contributed by atoms with Crippen LogP contribution in [0.15, 0.2) is 54.5 Å². The summed E-state index contributed by atoms with van der Waals surface area (Å²) in [5.74, 6) is 0.619. The highest BCUT2D eigenvalue weighted by Gasteiger charge is 2.29. The molecule has 0 spiro atoms. The van der Waals surface area contributed by atoms with Crippen LogP contribution in [0.4, 0.5) is 5.95 Å². The minimum absolute atomic E-state index is 0.00702. The van der Waals surface area contributed by atoms with E-state index in [0.717, 1.165) is 46.3 Å². The van der Waals surface area contributed by atoms with Gasteiger partial charge in [0, 0.05) is 52.6 Å². The summed E-state index contributed by atoms with van der Waals surface area (Å²) in [5, 5.41) is 17.1. The number of nitrogens with zero attached hydrogens (tertiary/aromatic N) is 3. The number of aromatic amines is 1. The molecule has 6 heteroatoms. The lowest BCUT2D eigenvalue weighted by molar-refractivity contribution is 0.324. The maximum absolute atomic E-state index is 9.10. The van der Waals surface area contributed by atoms with Gasteiger partial charge in [0.1, 0.15) is 0 Å². The lowest BCUT2D eigenvalue weighted by Gasteiger charge is -2.38. The van der Waals surface area contributed by atoms with Crippen LogP contribution in [-0.4, -0.2) is 26.5 Å². The molecule has 4 rings (SSSR count). The Morgan fingerprint density at radius 2 is 2.20 bits per heavy atom. The molecule has 0 amide bonds. The molecular weight excluding hydrogens is 372 g/mol. The van der Waals surface area contributed by atoms with Crippen LogP contribution in [0, 0.1) is 11.3 Å². The molecule has 1 unspecified atom stereocenters. The maximum Gasteiger partial charge on any atom is 0.223 e. The van der Waals surface area contributed by atoms with E-state index in [1.54, 1.807) is 6.20 Å². The summed E-state index contributed by atoms with van der Waals surface area (Å²) in [6.07, 6.45) is 7.44. The third kappa shape index (κ3) is 4.06. The van der Waals surface area contributed by atoms with Crippen molar-refractivity contribution in [2.75, 3.05) is 5.32 Å². The number of nitriles is 1. The summed E-state index contributed by atoms with van der Waals surface area (Å²) >= 11 is 0. The molecule has 152 valence electrons. The first kappa shape index (κ1) is 19.7. The van der Waals surface area contributed by atoms with Gasteiger partial charge in [0.2, 0.25) is 5.95 Å². The van der Waals surface area contributed by atoms with Gasteiger partial charge >= 0.3 is 0 Å². The van der Waals surface area contributed by atoms with Crippen LogP contribution in [-0.2, 0) is 0 Å². The number of aromatic nitrogens is 3. The van der Waals surface area contributed by atoms with Crippen molar-refractivity contribution < 1.29 is 0 Å². The van der Waals surface area contributed by atoms with Crippen LogP contribution in [0.25, 0.3) is 28.2 Å². The maximum atomic E-state index is 9.10. The summed E-state index contributed by atoms with van der Waals surface area (Å²) in [4.78, 5) is 12.6. The third-order valence-corrected chi connectivity index (χ3v) is 5.33. The zero-order chi connectivity index (χ0) is 21.3. The molecule has 0 bridgehead atoms. The van der Waals surface area contributed by atoms with Crippen molar-refractivity contribution in [3.8, 4) is 17.3 Å². The highest BCUT2D eigenvalue weighted by atomic mass is 15.1. The van der Waals surface area contributed by atoms with Crippen LogP contribution in [0.1, 0.15) is 39.2 Å². The quantitative estimate of drug-likeness (QED) is 0.538. The van der Waals surface area contributed by atoms with E-state index in [1.807, 2.05) is 37.4 Å². The second-order valence-electron chi connectivity index (χ2n) is 8.54. The summed E-state index contributed by atoms with van der Waals surface area (Å²) < 4.78 is 0. The van der Waals surface area contributed by atoms with E-state index in [1.165, 1.54) is 0 Å². The van der Waals surface area contributed by atoms with Crippen LogP contribution >= 0.6 is 0 Å². The highest BCUT2D eigenvalue weighted by molar-refractivity contribution is 5.99. The van der Waals surface area contributed by atoms with Crippen molar-refractivity contribution in [1.29, 1.82) is 5.26 Å². The lowest BCUT2D eigenvalue weighted by atomic mass is 9.88. The van der Waals surface area contributed by atoms with Gasteiger partial charge in [-0.2, -0.15) is 5.26 Å². The molecule has 3 aromatic rings. The van der Waals surface area contributed by atoms with Crippen LogP contribution < -0.4 is 10.6 Å². The van der Waals surface area contributed by atoms with Crippen LogP contribution in [0.5, 0.6) is 0 Å². The van der Waals surface area contributed by atoms with Crippen molar-refractivity contribution in [3.63, 3.8) is 0 Å². The summed E-state index contributed by atoms with van der Waals surface area (Å²) in [6, 6.07) is 10.4. The fourth-order valence-corrected chi connectivity index (χ4v) is 4.20. The van der Waals surface area contributed by atoms with Crippen LogP contribution in [0.2, 0.25) is 0 Å². The van der Waals surface area contributed by atoms with Gasteiger partial charge in [-0.15, -0.1) is 0 Å². The first-order valence-electron chi connectivity index (χ1n) is 10.1. The number of hydrogen-bond donors (Lipinski definition) is 3. The molecule has 3 heterocycles. The Bertz CT molecular complexity index is 1180. The topological polar surface area (TPSA) is 89.4 Å². The number of fused-ring (bicyclic) bond motifs is 1. The van der Waals surface area contributed by atoms with Gasteiger partial charge in [-0.3, -0.25) is 0 Å². The number of piperidine rings is 1. The molecule has 30 heavy (non-hydrogen) atoms. The van der Waals surface area contributed by atoms with Crippen molar-refractivity contribution in [3.05, 3.63) is 60.1 Å². The molecule has 1 atom stereocenters. The number of para-hydroxylation sites is 1. The highest BCUT2D eigenvalue weighted by Crippen LogP contribution is 2.31. The van der Waals surface area contributed by atoms with E-state index < -0.39 is 0 Å². The molecule has 0 aliphatic carbocycles. The molecule has 1 fully saturated rings. The Morgan fingerprint density at radius 3 is 2.97 bits per heavy atom. The molecule has 6 nitrogen and oxygen atoms in total. The first-order valence-corrected chi connectivity index (χ1v) is 10.1. The fraction of sp³-hybridized carbons (Fsp3) is 0.292. The van der Waals surface area contributed by atoms with Crippen molar-refractivity contribution >= 4 is 22.9 Å². The lowest BCUT2D eigenvalue weighted by Crippen LogP contribution is -2.48. The normalized spacial score (nSPS) is 18.7. The van der Waals surface area contributed by atoms with E-state index in [-0.39, 0.29) is 11.6 Å². The van der Waals surface area contributed by atoms with Gasteiger partial charge < -0.3 is 15.6 Å². The van der Waals surface area contributed by atoms with Gasteiger partial charge in [-0.25, -0.2) is 9.97 Å². The van der Waals surface area contributed by atoms with Gasteiger partial charge in [0.15, 0.2) is 0 Å².